The number of benzene rings is 2. The first-order chi connectivity index (χ1) is 8.39. The third-order valence-electron chi connectivity index (χ3n) is 2.49. The van der Waals surface area contributed by atoms with E-state index in [1.807, 2.05) is 0 Å². The van der Waals surface area contributed by atoms with Gasteiger partial charge in [-0.15, -0.1) is 0 Å². The van der Waals surface area contributed by atoms with Crippen molar-refractivity contribution in [2.75, 3.05) is 0 Å². The summed E-state index contributed by atoms with van der Waals surface area (Å²) >= 11 is 5.94. The van der Waals surface area contributed by atoms with Crippen LogP contribution in [0.3, 0.4) is 0 Å². The van der Waals surface area contributed by atoms with Gasteiger partial charge in [-0.25, -0.2) is 0 Å². The highest BCUT2D eigenvalue weighted by Crippen LogP contribution is 2.38. The van der Waals surface area contributed by atoms with Crippen molar-refractivity contribution in [1.29, 1.82) is 0 Å². The lowest BCUT2D eigenvalue weighted by Gasteiger charge is -2.11. The molecule has 0 aliphatic carbocycles. The van der Waals surface area contributed by atoms with Crippen LogP contribution in [0.1, 0.15) is 5.56 Å². The second-order valence-corrected chi connectivity index (χ2v) is 4.12. The van der Waals surface area contributed by atoms with Crippen LogP contribution in [-0.4, -0.2) is 5.11 Å². The van der Waals surface area contributed by atoms with E-state index in [0.29, 0.717) is 16.1 Å². The number of rotatable bonds is 1. The van der Waals surface area contributed by atoms with Crippen LogP contribution in [-0.2, 0) is 6.18 Å². The highest BCUT2D eigenvalue weighted by molar-refractivity contribution is 6.33. The zero-order valence-electron chi connectivity index (χ0n) is 9.00. The van der Waals surface area contributed by atoms with Gasteiger partial charge in [0.05, 0.1) is 5.56 Å². The van der Waals surface area contributed by atoms with Gasteiger partial charge in [-0.3, -0.25) is 0 Å². The van der Waals surface area contributed by atoms with E-state index in [2.05, 4.69) is 0 Å². The average Bonchev–Trinajstić information content (AvgIpc) is 2.27. The first-order valence-electron chi connectivity index (χ1n) is 5.04. The number of hydrogen-bond donors (Lipinski definition) is 1. The third-order valence-corrected chi connectivity index (χ3v) is 2.82. The Balaban J connectivity index is 2.51. The standard InChI is InChI=1S/C13H8ClF3O/c14-11-4-2-1-3-9(11)8-5-6-10(12(18)7-8)13(15,16)17/h1-7,18H. The van der Waals surface area contributed by atoms with Crippen molar-refractivity contribution in [3.63, 3.8) is 0 Å². The molecule has 18 heavy (non-hydrogen) atoms. The Morgan fingerprint density at radius 1 is 1.00 bits per heavy atom. The molecule has 0 amide bonds. The maximum absolute atomic E-state index is 12.5. The number of halogens is 4. The molecule has 0 atom stereocenters. The van der Waals surface area contributed by atoms with Crippen LogP contribution in [0.2, 0.25) is 5.02 Å². The molecule has 0 saturated heterocycles. The Hall–Kier alpha value is -1.68. The Bertz CT molecular complexity index is 579. The maximum Gasteiger partial charge on any atom is 0.419 e. The lowest BCUT2D eigenvalue weighted by atomic mass is 10.0. The molecular weight excluding hydrogens is 265 g/mol. The second-order valence-electron chi connectivity index (χ2n) is 3.71. The van der Waals surface area contributed by atoms with E-state index in [1.165, 1.54) is 6.07 Å². The van der Waals surface area contributed by atoms with E-state index < -0.39 is 17.5 Å². The van der Waals surface area contributed by atoms with Gasteiger partial charge >= 0.3 is 6.18 Å². The topological polar surface area (TPSA) is 20.2 Å². The summed E-state index contributed by atoms with van der Waals surface area (Å²) in [5.41, 5.74) is -0.0485. The summed E-state index contributed by atoms with van der Waals surface area (Å²) in [6.07, 6.45) is -4.57. The van der Waals surface area contributed by atoms with Gasteiger partial charge in [-0.05, 0) is 23.8 Å². The molecule has 0 bridgehead atoms. The third kappa shape index (κ3) is 2.43. The summed E-state index contributed by atoms with van der Waals surface area (Å²) in [7, 11) is 0. The van der Waals surface area contributed by atoms with Gasteiger partial charge in [-0.1, -0.05) is 35.9 Å². The maximum atomic E-state index is 12.5. The van der Waals surface area contributed by atoms with Gasteiger partial charge in [0.15, 0.2) is 0 Å². The molecule has 1 N–H and O–H groups in total. The summed E-state index contributed by atoms with van der Waals surface area (Å²) in [6, 6.07) is 9.92. The molecule has 0 saturated carbocycles. The van der Waals surface area contributed by atoms with Gasteiger partial charge < -0.3 is 5.11 Å². The zero-order valence-corrected chi connectivity index (χ0v) is 9.76. The molecule has 2 aromatic rings. The van der Waals surface area contributed by atoms with Crippen LogP contribution in [0.5, 0.6) is 5.75 Å². The quantitative estimate of drug-likeness (QED) is 0.795. The summed E-state index contributed by atoms with van der Waals surface area (Å²) in [5.74, 6) is -0.806. The van der Waals surface area contributed by atoms with Crippen molar-refractivity contribution < 1.29 is 18.3 Å². The van der Waals surface area contributed by atoms with Crippen LogP contribution in [0.15, 0.2) is 42.5 Å². The van der Waals surface area contributed by atoms with Crippen molar-refractivity contribution >= 4 is 11.6 Å². The monoisotopic (exact) mass is 272 g/mol. The fourth-order valence-electron chi connectivity index (χ4n) is 1.63. The molecule has 1 nitrogen and oxygen atoms in total. The molecular formula is C13H8ClF3O. The molecule has 0 aliphatic rings. The normalized spacial score (nSPS) is 11.6. The van der Waals surface area contributed by atoms with Crippen molar-refractivity contribution in [2.45, 2.75) is 6.18 Å². The molecule has 94 valence electrons. The number of phenols is 1. The zero-order chi connectivity index (χ0) is 13.3. The SMILES string of the molecule is Oc1cc(-c2ccccc2Cl)ccc1C(F)(F)F. The van der Waals surface area contributed by atoms with Crippen molar-refractivity contribution in [2.24, 2.45) is 0 Å². The lowest BCUT2D eigenvalue weighted by molar-refractivity contribution is -0.138. The molecule has 5 heteroatoms. The summed E-state index contributed by atoms with van der Waals surface area (Å²) in [5, 5.41) is 9.83. The molecule has 0 aliphatic heterocycles. The minimum Gasteiger partial charge on any atom is -0.507 e. The van der Waals surface area contributed by atoms with E-state index in [9.17, 15) is 18.3 Å². The van der Waals surface area contributed by atoms with Crippen LogP contribution in [0.25, 0.3) is 11.1 Å². The van der Waals surface area contributed by atoms with Gasteiger partial charge in [0, 0.05) is 10.6 Å². The molecule has 2 aromatic carbocycles. The molecule has 0 radical (unpaired) electrons. The summed E-state index contributed by atoms with van der Waals surface area (Å²) in [6.45, 7) is 0. The highest BCUT2D eigenvalue weighted by atomic mass is 35.5. The van der Waals surface area contributed by atoms with E-state index in [-0.39, 0.29) is 0 Å². The number of hydrogen-bond acceptors (Lipinski definition) is 1. The molecule has 0 unspecified atom stereocenters. The predicted molar refractivity (Wildman–Crippen MR) is 63.6 cm³/mol. The Labute approximate surface area is 106 Å². The Morgan fingerprint density at radius 2 is 1.67 bits per heavy atom. The number of phenolic OH excluding ortho intramolecular Hbond substituents is 1. The average molecular weight is 273 g/mol. The molecule has 0 fully saturated rings. The van der Waals surface area contributed by atoms with E-state index in [1.54, 1.807) is 24.3 Å². The van der Waals surface area contributed by atoms with E-state index >= 15 is 0 Å². The first kappa shape index (κ1) is 12.8. The minimum absolute atomic E-state index is 0.414. The first-order valence-corrected chi connectivity index (χ1v) is 5.42. The highest BCUT2D eigenvalue weighted by Gasteiger charge is 2.33. The van der Waals surface area contributed by atoms with Crippen LogP contribution in [0.4, 0.5) is 13.2 Å². The van der Waals surface area contributed by atoms with E-state index in [4.69, 9.17) is 11.6 Å². The van der Waals surface area contributed by atoms with Gasteiger partial charge in [-0.2, -0.15) is 13.2 Å². The van der Waals surface area contributed by atoms with Crippen LogP contribution in [0, 0.1) is 0 Å². The largest absolute Gasteiger partial charge is 0.507 e. The Kier molecular flexibility index (Phi) is 3.22. The van der Waals surface area contributed by atoms with Crippen molar-refractivity contribution in [3.8, 4) is 16.9 Å². The van der Waals surface area contributed by atoms with Crippen molar-refractivity contribution in [1.82, 2.24) is 0 Å². The fraction of sp³-hybridized carbons (Fsp3) is 0.0769. The summed E-state index contributed by atoms with van der Waals surface area (Å²) in [4.78, 5) is 0. The van der Waals surface area contributed by atoms with Crippen molar-refractivity contribution in [3.05, 3.63) is 53.1 Å². The molecule has 0 spiro atoms. The molecule has 0 heterocycles. The lowest BCUT2D eigenvalue weighted by Crippen LogP contribution is -2.04. The second kappa shape index (κ2) is 4.53. The minimum atomic E-state index is -4.57. The van der Waals surface area contributed by atoms with E-state index in [0.717, 1.165) is 12.1 Å². The predicted octanol–water partition coefficient (Wildman–Crippen LogP) is 4.73. The van der Waals surface area contributed by atoms with Crippen LogP contribution < -0.4 is 0 Å². The van der Waals surface area contributed by atoms with Crippen LogP contribution >= 0.6 is 11.6 Å². The van der Waals surface area contributed by atoms with Gasteiger partial charge in [0.1, 0.15) is 5.75 Å². The fourth-order valence-corrected chi connectivity index (χ4v) is 1.88. The summed E-state index contributed by atoms with van der Waals surface area (Å²) < 4.78 is 37.4. The smallest absolute Gasteiger partial charge is 0.419 e. The Morgan fingerprint density at radius 3 is 2.22 bits per heavy atom. The number of alkyl halides is 3. The molecule has 2 rings (SSSR count). The number of aromatic hydroxyl groups is 1. The molecule has 0 aromatic heterocycles. The van der Waals surface area contributed by atoms with Gasteiger partial charge in [0.2, 0.25) is 0 Å². The van der Waals surface area contributed by atoms with Gasteiger partial charge in [0.25, 0.3) is 0 Å².